The summed E-state index contributed by atoms with van der Waals surface area (Å²) < 4.78 is 5.48. The molecule has 1 aromatic heterocycles. The molecule has 2 N–H and O–H groups in total. The Morgan fingerprint density at radius 2 is 2.00 bits per heavy atom. The molecule has 1 aromatic carbocycles. The molecule has 3 rings (SSSR count). The highest BCUT2D eigenvalue weighted by Gasteiger charge is 2.33. The lowest BCUT2D eigenvalue weighted by Crippen LogP contribution is -2.39. The van der Waals surface area contributed by atoms with E-state index in [1.54, 1.807) is 0 Å². The number of aromatic nitrogens is 1. The summed E-state index contributed by atoms with van der Waals surface area (Å²) in [6, 6.07) is 10.8. The lowest BCUT2D eigenvalue weighted by molar-refractivity contribution is 0.193. The Morgan fingerprint density at radius 3 is 2.59 bits per heavy atom. The maximum absolute atomic E-state index is 5.89. The standard InChI is InChI=1S/C17H23N3O.ClH/c1-12-3-5-13(6-4-12)16-9-15(21-19-16)11-20(2)17(10-18)14-7-8-14;/h3-6,9,14,17H,7-8,10-11,18H2,1-2H3;1H. The highest BCUT2D eigenvalue weighted by atomic mass is 35.5. The van der Waals surface area contributed by atoms with Crippen molar-refractivity contribution in [3.63, 3.8) is 0 Å². The highest BCUT2D eigenvalue weighted by molar-refractivity contribution is 5.85. The van der Waals surface area contributed by atoms with E-state index in [-0.39, 0.29) is 12.4 Å². The number of nitrogens with two attached hydrogens (primary N) is 1. The molecule has 4 nitrogen and oxygen atoms in total. The zero-order valence-electron chi connectivity index (χ0n) is 13.2. The maximum Gasteiger partial charge on any atom is 0.151 e. The first kappa shape index (κ1) is 17.0. The van der Waals surface area contributed by atoms with Crippen LogP contribution in [0, 0.1) is 12.8 Å². The first-order valence-corrected chi connectivity index (χ1v) is 7.60. The maximum atomic E-state index is 5.89. The molecule has 1 aliphatic rings. The normalized spacial score (nSPS) is 15.6. The highest BCUT2D eigenvalue weighted by Crippen LogP contribution is 2.35. The van der Waals surface area contributed by atoms with E-state index in [1.165, 1.54) is 18.4 Å². The van der Waals surface area contributed by atoms with Crippen molar-refractivity contribution in [2.24, 2.45) is 11.7 Å². The Hall–Kier alpha value is -1.36. The van der Waals surface area contributed by atoms with E-state index in [9.17, 15) is 0 Å². The van der Waals surface area contributed by atoms with Gasteiger partial charge in [-0.15, -0.1) is 12.4 Å². The van der Waals surface area contributed by atoms with Gasteiger partial charge in [-0.25, -0.2) is 0 Å². The van der Waals surface area contributed by atoms with Gasteiger partial charge in [-0.05, 0) is 32.7 Å². The fourth-order valence-electron chi connectivity index (χ4n) is 2.82. The SMILES string of the molecule is Cc1ccc(-c2cc(CN(C)C(CN)C3CC3)on2)cc1.Cl. The molecule has 120 valence electrons. The monoisotopic (exact) mass is 321 g/mol. The first-order chi connectivity index (χ1) is 10.2. The molecule has 0 spiro atoms. The van der Waals surface area contributed by atoms with Crippen LogP contribution in [0.3, 0.4) is 0 Å². The largest absolute Gasteiger partial charge is 0.359 e. The van der Waals surface area contributed by atoms with Crippen molar-refractivity contribution < 1.29 is 4.52 Å². The van der Waals surface area contributed by atoms with E-state index < -0.39 is 0 Å². The summed E-state index contributed by atoms with van der Waals surface area (Å²) in [6.07, 6.45) is 2.61. The van der Waals surface area contributed by atoms with Crippen LogP contribution in [-0.4, -0.2) is 29.7 Å². The van der Waals surface area contributed by atoms with Gasteiger partial charge in [-0.1, -0.05) is 35.0 Å². The Labute approximate surface area is 138 Å². The second-order valence-electron chi connectivity index (χ2n) is 6.10. The van der Waals surface area contributed by atoms with E-state index in [2.05, 4.69) is 48.3 Å². The van der Waals surface area contributed by atoms with E-state index in [1.807, 2.05) is 6.07 Å². The van der Waals surface area contributed by atoms with Crippen LogP contribution in [0.2, 0.25) is 0 Å². The van der Waals surface area contributed by atoms with Gasteiger partial charge in [0.15, 0.2) is 5.76 Å². The Bertz CT molecular complexity index is 592. The van der Waals surface area contributed by atoms with Crippen molar-refractivity contribution in [2.45, 2.75) is 32.4 Å². The van der Waals surface area contributed by atoms with Gasteiger partial charge in [-0.3, -0.25) is 4.90 Å². The fourth-order valence-corrected chi connectivity index (χ4v) is 2.82. The number of hydrogen-bond acceptors (Lipinski definition) is 4. The lowest BCUT2D eigenvalue weighted by atomic mass is 10.1. The zero-order chi connectivity index (χ0) is 14.8. The second kappa shape index (κ2) is 7.27. The van der Waals surface area contributed by atoms with Gasteiger partial charge in [0.25, 0.3) is 0 Å². The number of halogens is 1. The number of rotatable bonds is 6. The number of likely N-dealkylation sites (N-methyl/N-ethyl adjacent to an activating group) is 1. The summed E-state index contributed by atoms with van der Waals surface area (Å²) >= 11 is 0. The molecule has 0 radical (unpaired) electrons. The fraction of sp³-hybridized carbons (Fsp3) is 0.471. The minimum Gasteiger partial charge on any atom is -0.359 e. The van der Waals surface area contributed by atoms with Crippen molar-refractivity contribution >= 4 is 12.4 Å². The third kappa shape index (κ3) is 3.88. The van der Waals surface area contributed by atoms with Crippen molar-refractivity contribution in [1.29, 1.82) is 0 Å². The third-order valence-electron chi connectivity index (χ3n) is 4.29. The van der Waals surface area contributed by atoms with Gasteiger partial charge >= 0.3 is 0 Å². The number of nitrogens with zero attached hydrogens (tertiary/aromatic N) is 2. The van der Waals surface area contributed by atoms with E-state index >= 15 is 0 Å². The molecule has 0 amide bonds. The second-order valence-corrected chi connectivity index (χ2v) is 6.10. The molecule has 0 saturated heterocycles. The molecule has 5 heteroatoms. The summed E-state index contributed by atoms with van der Waals surface area (Å²) in [5.74, 6) is 1.66. The van der Waals surface area contributed by atoms with E-state index in [0.29, 0.717) is 12.6 Å². The van der Waals surface area contributed by atoms with Gasteiger partial charge in [0.1, 0.15) is 5.69 Å². The van der Waals surface area contributed by atoms with Crippen molar-refractivity contribution in [3.8, 4) is 11.3 Å². The van der Waals surface area contributed by atoms with Crippen LogP contribution in [0.4, 0.5) is 0 Å². The Balaban J connectivity index is 0.00000176. The molecular weight excluding hydrogens is 298 g/mol. The van der Waals surface area contributed by atoms with Crippen LogP contribution in [0.1, 0.15) is 24.2 Å². The molecule has 1 aliphatic carbocycles. The van der Waals surface area contributed by atoms with Crippen LogP contribution in [0.5, 0.6) is 0 Å². The van der Waals surface area contributed by atoms with Crippen LogP contribution >= 0.6 is 12.4 Å². The summed E-state index contributed by atoms with van der Waals surface area (Å²) in [4.78, 5) is 2.29. The number of hydrogen-bond donors (Lipinski definition) is 1. The number of benzene rings is 1. The van der Waals surface area contributed by atoms with Gasteiger partial charge in [0.05, 0.1) is 6.54 Å². The third-order valence-corrected chi connectivity index (χ3v) is 4.29. The van der Waals surface area contributed by atoms with Crippen molar-refractivity contribution in [3.05, 3.63) is 41.7 Å². The molecule has 1 saturated carbocycles. The predicted molar refractivity (Wildman–Crippen MR) is 91.0 cm³/mol. The molecule has 1 heterocycles. The molecule has 2 aromatic rings. The Morgan fingerprint density at radius 1 is 1.32 bits per heavy atom. The van der Waals surface area contributed by atoms with Crippen LogP contribution in [0.15, 0.2) is 34.9 Å². The van der Waals surface area contributed by atoms with Crippen LogP contribution in [-0.2, 0) is 6.54 Å². The minimum absolute atomic E-state index is 0. The summed E-state index contributed by atoms with van der Waals surface area (Å²) in [7, 11) is 2.11. The van der Waals surface area contributed by atoms with Crippen LogP contribution in [0.25, 0.3) is 11.3 Å². The quantitative estimate of drug-likeness (QED) is 0.887. The van der Waals surface area contributed by atoms with Crippen LogP contribution < -0.4 is 5.73 Å². The molecule has 22 heavy (non-hydrogen) atoms. The lowest BCUT2D eigenvalue weighted by Gasteiger charge is -2.25. The molecule has 1 fully saturated rings. The smallest absolute Gasteiger partial charge is 0.151 e. The molecule has 1 atom stereocenters. The minimum atomic E-state index is 0. The molecule has 1 unspecified atom stereocenters. The molecular formula is C17H24ClN3O. The van der Waals surface area contributed by atoms with Gasteiger partial charge in [0.2, 0.25) is 0 Å². The molecule has 0 aliphatic heterocycles. The first-order valence-electron chi connectivity index (χ1n) is 7.60. The summed E-state index contributed by atoms with van der Waals surface area (Å²) in [5, 5.41) is 4.18. The summed E-state index contributed by atoms with van der Waals surface area (Å²) in [5.41, 5.74) is 9.13. The van der Waals surface area contributed by atoms with Crippen molar-refractivity contribution in [2.75, 3.05) is 13.6 Å². The average molecular weight is 322 g/mol. The zero-order valence-corrected chi connectivity index (χ0v) is 14.0. The van der Waals surface area contributed by atoms with E-state index in [0.717, 1.165) is 29.5 Å². The topological polar surface area (TPSA) is 55.3 Å². The van der Waals surface area contributed by atoms with E-state index in [4.69, 9.17) is 10.3 Å². The predicted octanol–water partition coefficient (Wildman–Crippen LogP) is 3.24. The average Bonchev–Trinajstić information content (AvgIpc) is 3.20. The van der Waals surface area contributed by atoms with Crippen molar-refractivity contribution in [1.82, 2.24) is 10.1 Å². The number of aryl methyl sites for hydroxylation is 1. The van der Waals surface area contributed by atoms with Gasteiger partial charge in [-0.2, -0.15) is 0 Å². The molecule has 0 bridgehead atoms. The summed E-state index contributed by atoms with van der Waals surface area (Å²) in [6.45, 7) is 3.55. The Kier molecular flexibility index (Phi) is 5.62. The van der Waals surface area contributed by atoms with Gasteiger partial charge in [0, 0.05) is 24.2 Å². The van der Waals surface area contributed by atoms with Gasteiger partial charge < -0.3 is 10.3 Å².